The number of benzene rings is 1. The maximum absolute atomic E-state index is 14.7. The molecule has 1 amide bonds. The van der Waals surface area contributed by atoms with Crippen molar-refractivity contribution in [1.82, 2.24) is 19.4 Å². The number of pyridine rings is 3. The molecular formula is C31H29Cl3F3N5O4. The van der Waals surface area contributed by atoms with Crippen molar-refractivity contribution in [1.29, 1.82) is 0 Å². The van der Waals surface area contributed by atoms with Gasteiger partial charge in [0.05, 0.1) is 22.3 Å². The van der Waals surface area contributed by atoms with E-state index in [0.717, 1.165) is 16.3 Å². The molecule has 46 heavy (non-hydrogen) atoms. The molecule has 1 N–H and O–H groups in total. The lowest BCUT2D eigenvalue weighted by molar-refractivity contribution is 0.0635. The first-order valence-corrected chi connectivity index (χ1v) is 14.5. The number of allylic oxidation sites excluding steroid dienone is 2. The minimum Gasteiger partial charge on any atom is -0.444 e. The number of fused-ring (bicyclic) bond motifs is 1. The number of anilines is 1. The van der Waals surface area contributed by atoms with Gasteiger partial charge in [-0.15, -0.1) is 0 Å². The number of ether oxygens (including phenoxy) is 1. The highest BCUT2D eigenvalue weighted by atomic mass is 35.5. The standard InChI is InChI=1S/C20H17ClF3N3O3.C11H12Cl2N2O/c1-9-7-13(28)10-5-6-14(21)26-18(10)27(9)12-8-11(15(22)17(24)16(12)23)25-19(29)30-20(2,3)4;1-7(15(2)3)6-9(16)8-4-5-10(12)14-11(8)13/h5-8H,1-4H3,(H,25,29);4-6H,1-3H3/b;7-6+. The Morgan fingerprint density at radius 3 is 2.15 bits per heavy atom. The molecule has 4 aromatic rings. The molecule has 244 valence electrons. The van der Waals surface area contributed by atoms with Crippen LogP contribution < -0.4 is 10.7 Å². The number of amides is 1. The van der Waals surface area contributed by atoms with E-state index >= 15 is 0 Å². The minimum absolute atomic E-state index is 0.0105. The van der Waals surface area contributed by atoms with E-state index in [1.165, 1.54) is 31.2 Å². The second kappa shape index (κ2) is 14.5. The summed E-state index contributed by atoms with van der Waals surface area (Å²) >= 11 is 17.4. The number of aryl methyl sites for hydroxylation is 1. The third-order valence-electron chi connectivity index (χ3n) is 6.14. The average Bonchev–Trinajstić information content (AvgIpc) is 2.93. The monoisotopic (exact) mass is 697 g/mol. The lowest BCUT2D eigenvalue weighted by Crippen LogP contribution is -2.27. The van der Waals surface area contributed by atoms with Gasteiger partial charge in [0.1, 0.15) is 26.7 Å². The summed E-state index contributed by atoms with van der Waals surface area (Å²) in [6, 6.07) is 7.96. The molecule has 0 fully saturated rings. The zero-order valence-electron chi connectivity index (χ0n) is 25.7. The zero-order valence-corrected chi connectivity index (χ0v) is 28.0. The largest absolute Gasteiger partial charge is 0.444 e. The van der Waals surface area contributed by atoms with Gasteiger partial charge in [0.15, 0.2) is 28.7 Å². The first kappa shape index (κ1) is 36.3. The Bertz CT molecular complexity index is 1920. The van der Waals surface area contributed by atoms with Gasteiger partial charge in [-0.1, -0.05) is 34.8 Å². The van der Waals surface area contributed by atoms with Crippen molar-refractivity contribution in [3.63, 3.8) is 0 Å². The molecule has 15 heteroatoms. The molecule has 0 spiro atoms. The molecule has 0 atom stereocenters. The molecule has 3 heterocycles. The number of ketones is 1. The highest BCUT2D eigenvalue weighted by Crippen LogP contribution is 2.29. The Hall–Kier alpha value is -4.13. The van der Waals surface area contributed by atoms with E-state index in [1.807, 2.05) is 25.9 Å². The minimum atomic E-state index is -1.81. The number of carbonyl (C=O) groups is 2. The van der Waals surface area contributed by atoms with Crippen LogP contribution in [-0.4, -0.2) is 51.0 Å². The van der Waals surface area contributed by atoms with Crippen LogP contribution in [0.2, 0.25) is 15.5 Å². The molecule has 0 bridgehead atoms. The number of carbonyl (C=O) groups excluding carboxylic acids is 2. The topological polar surface area (TPSA) is 106 Å². The maximum Gasteiger partial charge on any atom is 0.412 e. The highest BCUT2D eigenvalue weighted by Gasteiger charge is 2.25. The summed E-state index contributed by atoms with van der Waals surface area (Å²) in [6.45, 7) is 8.07. The summed E-state index contributed by atoms with van der Waals surface area (Å²) in [4.78, 5) is 45.8. The Morgan fingerprint density at radius 2 is 1.57 bits per heavy atom. The van der Waals surface area contributed by atoms with Crippen LogP contribution in [0.1, 0.15) is 43.7 Å². The van der Waals surface area contributed by atoms with E-state index in [2.05, 4.69) is 15.3 Å². The van der Waals surface area contributed by atoms with Crippen molar-refractivity contribution in [2.45, 2.75) is 40.2 Å². The van der Waals surface area contributed by atoms with Crippen molar-refractivity contribution in [2.24, 2.45) is 0 Å². The summed E-state index contributed by atoms with van der Waals surface area (Å²) in [6.07, 6.45) is 0.456. The molecule has 0 saturated carbocycles. The summed E-state index contributed by atoms with van der Waals surface area (Å²) in [5, 5.41) is 2.57. The molecule has 0 aliphatic rings. The third-order valence-corrected chi connectivity index (χ3v) is 6.85. The fourth-order valence-corrected chi connectivity index (χ4v) is 4.42. The van der Waals surface area contributed by atoms with Crippen molar-refractivity contribution >= 4 is 63.4 Å². The van der Waals surface area contributed by atoms with Gasteiger partial charge in [0.25, 0.3) is 0 Å². The summed E-state index contributed by atoms with van der Waals surface area (Å²) in [5.41, 5.74) is -1.09. The summed E-state index contributed by atoms with van der Waals surface area (Å²) < 4.78 is 49.5. The van der Waals surface area contributed by atoms with Crippen LogP contribution in [0.4, 0.5) is 23.7 Å². The lowest BCUT2D eigenvalue weighted by atomic mass is 10.1. The molecule has 0 saturated heterocycles. The molecule has 0 radical (unpaired) electrons. The maximum atomic E-state index is 14.7. The first-order valence-electron chi connectivity index (χ1n) is 13.4. The number of rotatable bonds is 5. The highest BCUT2D eigenvalue weighted by molar-refractivity contribution is 6.35. The van der Waals surface area contributed by atoms with Gasteiger partial charge < -0.3 is 9.64 Å². The normalized spacial score (nSPS) is 11.5. The first-order chi connectivity index (χ1) is 21.3. The van der Waals surface area contributed by atoms with Gasteiger partial charge in [0, 0.05) is 37.6 Å². The smallest absolute Gasteiger partial charge is 0.412 e. The number of hydrogen-bond acceptors (Lipinski definition) is 7. The van der Waals surface area contributed by atoms with Crippen LogP contribution in [0.25, 0.3) is 16.7 Å². The van der Waals surface area contributed by atoms with Gasteiger partial charge in [-0.05, 0) is 65.0 Å². The molecule has 9 nitrogen and oxygen atoms in total. The Morgan fingerprint density at radius 1 is 0.957 bits per heavy atom. The van der Waals surface area contributed by atoms with Gasteiger partial charge in [-0.2, -0.15) is 0 Å². The zero-order chi connectivity index (χ0) is 34.7. The predicted molar refractivity (Wildman–Crippen MR) is 173 cm³/mol. The van der Waals surface area contributed by atoms with E-state index in [9.17, 15) is 27.6 Å². The van der Waals surface area contributed by atoms with Crippen LogP contribution in [0.5, 0.6) is 0 Å². The number of nitrogens with zero attached hydrogens (tertiary/aromatic N) is 4. The molecule has 4 rings (SSSR count). The van der Waals surface area contributed by atoms with E-state index in [1.54, 1.807) is 32.9 Å². The quantitative estimate of drug-likeness (QED) is 0.0971. The summed E-state index contributed by atoms with van der Waals surface area (Å²) in [5.74, 6) is -5.12. The Balaban J connectivity index is 0.000000304. The third kappa shape index (κ3) is 8.77. The van der Waals surface area contributed by atoms with E-state index < -0.39 is 45.9 Å². The van der Waals surface area contributed by atoms with Gasteiger partial charge in [0.2, 0.25) is 0 Å². The van der Waals surface area contributed by atoms with Crippen LogP contribution in [0.3, 0.4) is 0 Å². The van der Waals surface area contributed by atoms with Crippen LogP contribution >= 0.6 is 34.8 Å². The molecule has 0 aliphatic carbocycles. The predicted octanol–water partition coefficient (Wildman–Crippen LogP) is 8.15. The van der Waals surface area contributed by atoms with Crippen LogP contribution in [-0.2, 0) is 4.74 Å². The molecule has 0 aliphatic heterocycles. The SMILES string of the molecule is C/C(=C\C(=O)c1ccc(Cl)nc1Cl)N(C)C.Cc1cc(=O)c2ccc(Cl)nc2n1-c1cc(NC(=O)OC(C)(C)C)c(F)c(F)c1F. The Kier molecular flexibility index (Phi) is 11.5. The van der Waals surface area contributed by atoms with Gasteiger partial charge in [-0.25, -0.2) is 27.9 Å². The molecular weight excluding hydrogens is 670 g/mol. The fourth-order valence-electron chi connectivity index (χ4n) is 3.84. The number of hydrogen-bond donors (Lipinski definition) is 1. The number of halogens is 6. The second-order valence-electron chi connectivity index (χ2n) is 11.0. The fraction of sp³-hybridized carbons (Fsp3) is 0.258. The van der Waals surface area contributed by atoms with Crippen molar-refractivity contribution in [3.05, 3.63) is 103 Å². The second-order valence-corrected chi connectivity index (χ2v) is 12.2. The van der Waals surface area contributed by atoms with Crippen molar-refractivity contribution in [2.75, 3.05) is 19.4 Å². The molecule has 0 unspecified atom stereocenters. The van der Waals surface area contributed by atoms with Crippen molar-refractivity contribution < 1.29 is 27.5 Å². The van der Waals surface area contributed by atoms with E-state index in [0.29, 0.717) is 5.56 Å². The van der Waals surface area contributed by atoms with Gasteiger partial charge >= 0.3 is 6.09 Å². The van der Waals surface area contributed by atoms with E-state index in [-0.39, 0.29) is 38.0 Å². The lowest BCUT2D eigenvalue weighted by Gasteiger charge is -2.21. The molecule has 1 aromatic carbocycles. The van der Waals surface area contributed by atoms with Crippen molar-refractivity contribution in [3.8, 4) is 5.69 Å². The summed E-state index contributed by atoms with van der Waals surface area (Å²) in [7, 11) is 3.72. The number of aromatic nitrogens is 3. The number of nitrogens with one attached hydrogen (secondary N) is 1. The van der Waals surface area contributed by atoms with Crippen LogP contribution in [0.15, 0.2) is 53.0 Å². The molecule has 3 aromatic heterocycles. The van der Waals surface area contributed by atoms with Gasteiger partial charge in [-0.3, -0.25) is 19.5 Å². The average molecular weight is 699 g/mol. The van der Waals surface area contributed by atoms with E-state index in [4.69, 9.17) is 39.5 Å². The van der Waals surface area contributed by atoms with Crippen LogP contribution in [0, 0.1) is 24.4 Å². The Labute approximate surface area is 277 Å².